The van der Waals surface area contributed by atoms with Crippen LogP contribution in [0.15, 0.2) is 36.5 Å². The Labute approximate surface area is 173 Å². The third-order valence-corrected chi connectivity index (χ3v) is 6.08. The van der Waals surface area contributed by atoms with Gasteiger partial charge in [0.2, 0.25) is 5.95 Å². The lowest BCUT2D eigenvalue weighted by Gasteiger charge is -2.35. The van der Waals surface area contributed by atoms with Gasteiger partial charge in [0.15, 0.2) is 0 Å². The van der Waals surface area contributed by atoms with Gasteiger partial charge in [0.05, 0.1) is 0 Å². The monoisotopic (exact) mass is 393 g/mol. The van der Waals surface area contributed by atoms with Gasteiger partial charge in [-0.15, -0.1) is 0 Å². The predicted octanol–water partition coefficient (Wildman–Crippen LogP) is 4.49. The summed E-state index contributed by atoms with van der Waals surface area (Å²) in [5.74, 6) is 0.481. The average Bonchev–Trinajstić information content (AvgIpc) is 2.80. The van der Waals surface area contributed by atoms with E-state index in [1.54, 1.807) is 12.3 Å². The normalized spacial score (nSPS) is 19.8. The Morgan fingerprint density at radius 3 is 2.55 bits per heavy atom. The van der Waals surface area contributed by atoms with Crippen LogP contribution in [0.5, 0.6) is 0 Å². The van der Waals surface area contributed by atoms with Crippen LogP contribution in [0.4, 0.5) is 17.3 Å². The van der Waals surface area contributed by atoms with E-state index in [9.17, 15) is 4.79 Å². The summed E-state index contributed by atoms with van der Waals surface area (Å²) in [7, 11) is 0. The Hall–Kier alpha value is -2.63. The zero-order chi connectivity index (χ0) is 20.1. The van der Waals surface area contributed by atoms with Crippen molar-refractivity contribution in [2.45, 2.75) is 57.9 Å². The van der Waals surface area contributed by atoms with Gasteiger partial charge in [-0.2, -0.15) is 0 Å². The number of rotatable bonds is 5. The topological polar surface area (TPSA) is 61.4 Å². The molecule has 1 aromatic carbocycles. The van der Waals surface area contributed by atoms with Crippen LogP contribution in [0.3, 0.4) is 0 Å². The lowest BCUT2D eigenvalue weighted by atomic mass is 10.0. The third kappa shape index (κ3) is 4.69. The molecule has 4 rings (SSSR count). The zero-order valence-electron chi connectivity index (χ0n) is 17.3. The largest absolute Gasteiger partial charge is 0.372 e. The Balaban J connectivity index is 1.43. The number of amides is 1. The molecular weight excluding hydrogens is 362 g/mol. The Morgan fingerprint density at radius 2 is 1.79 bits per heavy atom. The quantitative estimate of drug-likeness (QED) is 0.811. The van der Waals surface area contributed by atoms with Gasteiger partial charge >= 0.3 is 0 Å². The number of carbonyl (C=O) groups excluding carboxylic acids is 1. The fourth-order valence-corrected chi connectivity index (χ4v) is 4.40. The fraction of sp³-hybridized carbons (Fsp3) is 0.522. The summed E-state index contributed by atoms with van der Waals surface area (Å²) < 4.78 is 0. The number of hydrogen-bond acceptors (Lipinski definition) is 5. The highest BCUT2D eigenvalue weighted by molar-refractivity contribution is 6.03. The van der Waals surface area contributed by atoms with Crippen LogP contribution in [0.1, 0.15) is 62.4 Å². The van der Waals surface area contributed by atoms with Gasteiger partial charge in [-0.1, -0.05) is 6.92 Å². The standard InChI is InChI=1S/C23H31N5O/c1-2-19-8-4-7-17-28(19)23-24-14-13-21(26-23)22(29)25-18-9-11-20(12-10-18)27-15-5-3-6-16-27/h9-14,19H,2-8,15-17H2,1H3,(H,25,29). The first kappa shape index (κ1) is 19.7. The molecule has 1 aromatic heterocycles. The van der Waals surface area contributed by atoms with Gasteiger partial charge in [-0.25, -0.2) is 9.97 Å². The van der Waals surface area contributed by atoms with Crippen LogP contribution in [-0.2, 0) is 0 Å². The molecule has 0 saturated carbocycles. The molecule has 6 nitrogen and oxygen atoms in total. The maximum Gasteiger partial charge on any atom is 0.274 e. The second kappa shape index (κ2) is 9.25. The molecule has 0 spiro atoms. The van der Waals surface area contributed by atoms with Crippen molar-refractivity contribution in [3.05, 3.63) is 42.2 Å². The molecule has 29 heavy (non-hydrogen) atoms. The molecule has 2 fully saturated rings. The lowest BCUT2D eigenvalue weighted by Crippen LogP contribution is -2.40. The molecule has 0 aliphatic carbocycles. The van der Waals surface area contributed by atoms with E-state index in [4.69, 9.17) is 0 Å². The molecule has 0 radical (unpaired) electrons. The molecule has 1 unspecified atom stereocenters. The maximum absolute atomic E-state index is 12.8. The first-order valence-corrected chi connectivity index (χ1v) is 11.0. The summed E-state index contributed by atoms with van der Waals surface area (Å²) in [5.41, 5.74) is 2.43. The van der Waals surface area contributed by atoms with Gasteiger partial charge in [0.25, 0.3) is 5.91 Å². The fourth-order valence-electron chi connectivity index (χ4n) is 4.40. The molecule has 1 amide bonds. The second-order valence-electron chi connectivity index (χ2n) is 8.04. The van der Waals surface area contributed by atoms with E-state index in [0.717, 1.165) is 38.2 Å². The first-order valence-electron chi connectivity index (χ1n) is 11.0. The SMILES string of the molecule is CCC1CCCCN1c1nccc(C(=O)Nc2ccc(N3CCCCC3)cc2)n1. The molecule has 2 saturated heterocycles. The summed E-state index contributed by atoms with van der Waals surface area (Å²) >= 11 is 0. The van der Waals surface area contributed by atoms with Crippen LogP contribution >= 0.6 is 0 Å². The predicted molar refractivity (Wildman–Crippen MR) is 118 cm³/mol. The van der Waals surface area contributed by atoms with Crippen LogP contribution < -0.4 is 15.1 Å². The molecule has 154 valence electrons. The van der Waals surface area contributed by atoms with Crippen LogP contribution in [0, 0.1) is 0 Å². The van der Waals surface area contributed by atoms with Crippen molar-refractivity contribution in [1.82, 2.24) is 9.97 Å². The maximum atomic E-state index is 12.8. The van der Waals surface area contributed by atoms with Crippen LogP contribution in [0.2, 0.25) is 0 Å². The van der Waals surface area contributed by atoms with E-state index in [1.807, 2.05) is 12.1 Å². The third-order valence-electron chi connectivity index (χ3n) is 6.08. The molecule has 2 aliphatic rings. The van der Waals surface area contributed by atoms with E-state index in [1.165, 1.54) is 37.8 Å². The average molecular weight is 394 g/mol. The van der Waals surface area contributed by atoms with Crippen molar-refractivity contribution >= 4 is 23.2 Å². The Kier molecular flexibility index (Phi) is 6.27. The van der Waals surface area contributed by atoms with E-state index in [2.05, 4.69) is 44.1 Å². The van der Waals surface area contributed by atoms with Gasteiger partial charge in [0.1, 0.15) is 5.69 Å². The minimum atomic E-state index is -0.190. The lowest BCUT2D eigenvalue weighted by molar-refractivity contribution is 0.102. The van der Waals surface area contributed by atoms with Crippen molar-refractivity contribution in [1.29, 1.82) is 0 Å². The molecule has 2 aliphatic heterocycles. The molecule has 1 atom stereocenters. The van der Waals surface area contributed by atoms with Gasteiger partial charge in [-0.05, 0) is 75.3 Å². The summed E-state index contributed by atoms with van der Waals surface area (Å²) in [6, 6.07) is 10.3. The number of anilines is 3. The molecule has 0 bridgehead atoms. The second-order valence-corrected chi connectivity index (χ2v) is 8.04. The van der Waals surface area contributed by atoms with Crippen molar-refractivity contribution in [3.63, 3.8) is 0 Å². The zero-order valence-corrected chi connectivity index (χ0v) is 17.3. The number of nitrogens with one attached hydrogen (secondary N) is 1. The highest BCUT2D eigenvalue weighted by atomic mass is 16.1. The molecule has 2 aromatic rings. The summed E-state index contributed by atoms with van der Waals surface area (Å²) in [6.45, 7) is 5.39. The van der Waals surface area contributed by atoms with Crippen LogP contribution in [0.25, 0.3) is 0 Å². The van der Waals surface area contributed by atoms with Crippen molar-refractivity contribution in [3.8, 4) is 0 Å². The summed E-state index contributed by atoms with van der Waals surface area (Å²) in [6.07, 6.45) is 10.2. The van der Waals surface area contributed by atoms with Gasteiger partial charge < -0.3 is 15.1 Å². The van der Waals surface area contributed by atoms with Crippen molar-refractivity contribution in [2.24, 2.45) is 0 Å². The molecule has 6 heteroatoms. The molecule has 1 N–H and O–H groups in total. The number of benzene rings is 1. The van der Waals surface area contributed by atoms with E-state index in [-0.39, 0.29) is 5.91 Å². The minimum absolute atomic E-state index is 0.190. The highest BCUT2D eigenvalue weighted by Crippen LogP contribution is 2.24. The van der Waals surface area contributed by atoms with Crippen LogP contribution in [-0.4, -0.2) is 41.6 Å². The Bertz CT molecular complexity index is 816. The van der Waals surface area contributed by atoms with Gasteiger partial charge in [0, 0.05) is 43.2 Å². The van der Waals surface area contributed by atoms with Crippen molar-refractivity contribution in [2.75, 3.05) is 34.8 Å². The number of hydrogen-bond donors (Lipinski definition) is 1. The molecular formula is C23H31N5O. The number of nitrogens with zero attached hydrogens (tertiary/aromatic N) is 4. The van der Waals surface area contributed by atoms with E-state index in [0.29, 0.717) is 17.7 Å². The minimum Gasteiger partial charge on any atom is -0.372 e. The summed E-state index contributed by atoms with van der Waals surface area (Å²) in [5, 5.41) is 2.98. The Morgan fingerprint density at radius 1 is 1.03 bits per heavy atom. The smallest absolute Gasteiger partial charge is 0.274 e. The molecule has 3 heterocycles. The van der Waals surface area contributed by atoms with E-state index < -0.39 is 0 Å². The first-order chi connectivity index (χ1) is 14.2. The number of piperidine rings is 2. The summed E-state index contributed by atoms with van der Waals surface area (Å²) in [4.78, 5) is 26.4. The van der Waals surface area contributed by atoms with Gasteiger partial charge in [-0.3, -0.25) is 4.79 Å². The number of aromatic nitrogens is 2. The number of carbonyl (C=O) groups is 1. The highest BCUT2D eigenvalue weighted by Gasteiger charge is 2.24. The van der Waals surface area contributed by atoms with E-state index >= 15 is 0 Å². The van der Waals surface area contributed by atoms with Crippen molar-refractivity contribution < 1.29 is 4.79 Å².